The molecule has 4 N–H and O–H groups in total. The maximum Gasteiger partial charge on any atom is 0.356 e. The number of thiazole rings is 3. The van der Waals surface area contributed by atoms with Gasteiger partial charge in [0.05, 0.1) is 53.2 Å². The van der Waals surface area contributed by atoms with Crippen molar-refractivity contribution in [2.24, 2.45) is 23.7 Å². The molecule has 0 aliphatic carbocycles. The minimum atomic E-state index is -1.83. The molecule has 3 aromatic rings. The van der Waals surface area contributed by atoms with Gasteiger partial charge in [-0.1, -0.05) is 68.3 Å². The fraction of sp³-hybridized carbons (Fsp3) is 0.519. The van der Waals surface area contributed by atoms with Gasteiger partial charge >= 0.3 is 11.9 Å². The number of carboxylic acid groups (broad SMARTS) is 1. The highest BCUT2D eigenvalue weighted by molar-refractivity contribution is 8.05. The summed E-state index contributed by atoms with van der Waals surface area (Å²) < 4.78 is 14.2. The van der Waals surface area contributed by atoms with Crippen molar-refractivity contribution in [1.29, 1.82) is 0 Å². The van der Waals surface area contributed by atoms with Crippen LogP contribution in [-0.4, -0.2) is 160 Å². The van der Waals surface area contributed by atoms with E-state index < -0.39 is 32.3 Å². The first kappa shape index (κ1) is 57.3. The average Bonchev–Trinajstić information content (AvgIpc) is 4.24. The van der Waals surface area contributed by atoms with Crippen LogP contribution in [0.2, 0.25) is 19.6 Å². The number of thioether (sulfide) groups is 2. The minimum absolute atomic E-state index is 0.0234. The van der Waals surface area contributed by atoms with Crippen LogP contribution in [0.1, 0.15) is 65.5 Å². The van der Waals surface area contributed by atoms with Crippen LogP contribution >= 0.6 is 69.8 Å². The zero-order chi connectivity index (χ0) is 54.5. The number of rotatable bonds is 15. The second-order valence-corrected chi connectivity index (χ2v) is 31.2. The molecule has 75 heavy (non-hydrogen) atoms. The number of hydrogen-bond acceptors (Lipinski definition) is 18. The van der Waals surface area contributed by atoms with Crippen molar-refractivity contribution in [3.63, 3.8) is 0 Å². The van der Waals surface area contributed by atoms with Gasteiger partial charge in [-0.05, 0) is 97.3 Å². The first-order chi connectivity index (χ1) is 35.4. The second-order valence-electron chi connectivity index (χ2n) is 20.9. The standard InChI is InChI=1S/C25H35N3O4S2Si.C18H21N3O4S2.C9H12N2S2/c1-9-12-31-24(30)21-22(34-25-26-18(13-33-25)17-10-11-27(5)15(17)3)14(2)20-19(23(29)28(20)21)16(4)32-35(6,7)8;1-7-13-12(9(3)22)16(23)21(13)14(17(24)25)15(7)27-18-20-11(6-26-18)10-4-5-19-8(10)2;1-6-7(3-4-11(6)2)8-5-13-9(12)10-8/h9-10,13-16,19-20H,1,11-12H2,2-8H3;4,6-9,12-13,19,22H,5H2,1-3H3,(H,24,25);3,5-6H,4H2,1-2H3,(H,10,12)/t14-,15+,16-,19-,20-;7-,8+,9-,12-,13-;6-/m110/s1. The second kappa shape index (κ2) is 23.2. The lowest BCUT2D eigenvalue weighted by Gasteiger charge is -2.48. The minimum Gasteiger partial charge on any atom is -0.477 e. The van der Waals surface area contributed by atoms with Gasteiger partial charge in [0, 0.05) is 75.5 Å². The lowest BCUT2D eigenvalue weighted by Crippen LogP contribution is -2.64. The highest BCUT2D eigenvalue weighted by Crippen LogP contribution is 2.54. The number of aromatic amines is 1. The number of ether oxygens (including phenoxy) is 1. The average molecular weight is 1150 g/mol. The number of hydrogen-bond donors (Lipinski definition) is 4. The lowest BCUT2D eigenvalue weighted by atomic mass is 9.79. The summed E-state index contributed by atoms with van der Waals surface area (Å²) in [6.45, 7) is 26.9. The molecule has 3 aromatic heterocycles. The largest absolute Gasteiger partial charge is 0.477 e. The number of carboxylic acids is 1. The van der Waals surface area contributed by atoms with E-state index >= 15 is 0 Å². The van der Waals surface area contributed by atoms with Crippen molar-refractivity contribution in [3.05, 3.63) is 89.3 Å². The number of likely N-dealkylation sites (N-methyl/N-ethyl adjacent to an activating group) is 2. The van der Waals surface area contributed by atoms with E-state index in [0.29, 0.717) is 22.7 Å². The normalized spacial score (nSPS) is 28.1. The quantitative estimate of drug-likeness (QED) is 0.0370. The summed E-state index contributed by atoms with van der Waals surface area (Å²) in [6.07, 6.45) is 7.14. The molecule has 2 amide bonds. The summed E-state index contributed by atoms with van der Waals surface area (Å²) in [7, 11) is 2.41. The number of aromatic nitrogens is 3. The Hall–Kier alpha value is -3.85. The number of β-lactam (4-membered cyclic amide) rings is 2. The molecule has 0 aromatic carbocycles. The van der Waals surface area contributed by atoms with E-state index in [1.807, 2.05) is 19.2 Å². The van der Waals surface area contributed by atoms with E-state index in [4.69, 9.17) is 26.4 Å². The van der Waals surface area contributed by atoms with Crippen LogP contribution in [0, 0.1) is 27.6 Å². The highest BCUT2D eigenvalue weighted by atomic mass is 32.2. The lowest BCUT2D eigenvalue weighted by molar-refractivity contribution is -0.163. The SMILES string of the molecule is C=CCOC(=O)C1=C(Sc2nc(C3=CCN(C)[C@H]3C)cs2)[C@H](C)[C@@H]2[C@@H]([C@@H](C)O[Si](C)(C)C)C(=O)N12.C[C@@H]1NCC=C1c1csc(SC2=C(C(=O)O)N3C(=O)[C@H]([C@@H](C)O)[C@H]3[C@H]2C)n1.C[C@H]1C(c2csc(=S)[nH]2)=CCN1C. The van der Waals surface area contributed by atoms with Crippen LogP contribution < -0.4 is 5.32 Å². The van der Waals surface area contributed by atoms with E-state index in [-0.39, 0.29) is 66.1 Å². The summed E-state index contributed by atoms with van der Waals surface area (Å²) in [6, 6.07) is 0.647. The third-order valence-electron chi connectivity index (χ3n) is 14.9. The zero-order valence-corrected chi connectivity index (χ0v) is 50.3. The number of fused-ring (bicyclic) bond motifs is 2. The molecule has 2 fully saturated rings. The van der Waals surface area contributed by atoms with Gasteiger partial charge in [-0.25, -0.2) is 19.6 Å². The van der Waals surface area contributed by atoms with Crippen LogP contribution in [0.5, 0.6) is 0 Å². The molecular formula is C52H68N8O8S6Si. The van der Waals surface area contributed by atoms with E-state index in [9.17, 15) is 29.4 Å². The molecule has 0 radical (unpaired) electrons. The molecule has 23 heteroatoms. The molecule has 0 saturated carbocycles. The third-order valence-corrected chi connectivity index (χ3v) is 21.5. The molecule has 0 unspecified atom stereocenters. The monoisotopic (exact) mass is 1150 g/mol. The molecule has 16 nitrogen and oxygen atoms in total. The Bertz CT molecular complexity index is 2950. The number of aliphatic hydroxyl groups excluding tert-OH is 1. The molecular weight excluding hydrogens is 1090 g/mol. The van der Waals surface area contributed by atoms with Crippen molar-refractivity contribution < 1.29 is 38.6 Å². The summed E-state index contributed by atoms with van der Waals surface area (Å²) >= 11 is 12.5. The Kier molecular flexibility index (Phi) is 17.8. The summed E-state index contributed by atoms with van der Waals surface area (Å²) in [5.74, 6) is -2.98. The Labute approximate surface area is 466 Å². The fourth-order valence-electron chi connectivity index (χ4n) is 10.8. The van der Waals surface area contributed by atoms with E-state index in [1.54, 1.807) is 34.5 Å². The van der Waals surface area contributed by atoms with Gasteiger partial charge < -0.3 is 39.5 Å². The first-order valence-electron chi connectivity index (χ1n) is 25.1. The molecule has 11 atom stereocenters. The third kappa shape index (κ3) is 11.5. The van der Waals surface area contributed by atoms with Crippen molar-refractivity contribution in [1.82, 2.24) is 39.9 Å². The zero-order valence-electron chi connectivity index (χ0n) is 44.4. The Morgan fingerprint density at radius 2 is 1.37 bits per heavy atom. The number of aliphatic carboxylic acids is 1. The van der Waals surface area contributed by atoms with Crippen molar-refractivity contribution in [2.45, 2.75) is 119 Å². The number of carbonyl (C=O) groups is 4. The van der Waals surface area contributed by atoms with Crippen LogP contribution in [0.3, 0.4) is 0 Å². The number of esters is 1. The first-order valence-corrected chi connectivity index (χ1v) is 33.2. The van der Waals surface area contributed by atoms with E-state index in [1.165, 1.54) is 62.7 Å². The molecule has 0 bridgehead atoms. The van der Waals surface area contributed by atoms with Gasteiger partial charge in [-0.2, -0.15) is 0 Å². The topological polar surface area (TPSA) is 194 Å². The van der Waals surface area contributed by atoms with E-state index in [0.717, 1.165) is 54.1 Å². The molecule has 2 saturated heterocycles. The number of H-pyrrole nitrogens is 1. The van der Waals surface area contributed by atoms with E-state index in [2.05, 4.69) is 122 Å². The molecule has 7 aliphatic rings. The van der Waals surface area contributed by atoms with Crippen LogP contribution in [0.25, 0.3) is 16.7 Å². The van der Waals surface area contributed by atoms with Gasteiger partial charge in [-0.3, -0.25) is 19.4 Å². The molecule has 0 spiro atoms. The number of amides is 2. The molecule has 404 valence electrons. The number of nitrogens with zero attached hydrogens (tertiary/aromatic N) is 6. The summed E-state index contributed by atoms with van der Waals surface area (Å²) in [5, 5.41) is 29.1. The van der Waals surface area contributed by atoms with Crippen molar-refractivity contribution >= 4 is 119 Å². The Morgan fingerprint density at radius 1 is 0.840 bits per heavy atom. The number of nitrogens with one attached hydrogen (secondary N) is 2. The fourth-order valence-corrected chi connectivity index (χ4v) is 17.1. The van der Waals surface area contributed by atoms with Crippen molar-refractivity contribution in [2.75, 3.05) is 40.3 Å². The van der Waals surface area contributed by atoms with Crippen LogP contribution in [-0.2, 0) is 28.3 Å². The predicted octanol–water partition coefficient (Wildman–Crippen LogP) is 8.90. The Morgan fingerprint density at radius 3 is 1.85 bits per heavy atom. The molecule has 10 heterocycles. The summed E-state index contributed by atoms with van der Waals surface area (Å²) in [4.78, 5) is 72.4. The van der Waals surface area contributed by atoms with Gasteiger partial charge in [0.2, 0.25) is 11.8 Å². The maximum absolute atomic E-state index is 13.3. The number of aliphatic hydroxyl groups is 1. The van der Waals surface area contributed by atoms with Crippen LogP contribution in [0.4, 0.5) is 0 Å². The predicted molar refractivity (Wildman–Crippen MR) is 306 cm³/mol. The van der Waals surface area contributed by atoms with Crippen molar-refractivity contribution in [3.8, 4) is 0 Å². The number of carbonyl (C=O) groups excluding carboxylic acids is 3. The van der Waals surface area contributed by atoms with Gasteiger partial charge in [0.25, 0.3) is 0 Å². The van der Waals surface area contributed by atoms with Gasteiger partial charge in [0.1, 0.15) is 18.0 Å². The van der Waals surface area contributed by atoms with Gasteiger partial charge in [0.15, 0.2) is 21.0 Å². The Balaban J connectivity index is 0.000000164. The molecule has 10 rings (SSSR count). The maximum atomic E-state index is 13.3. The smallest absolute Gasteiger partial charge is 0.356 e. The highest BCUT2D eigenvalue weighted by Gasteiger charge is 2.62. The van der Waals surface area contributed by atoms with Gasteiger partial charge in [-0.15, -0.1) is 34.0 Å². The van der Waals surface area contributed by atoms with Crippen LogP contribution in [0.15, 0.2) is 76.9 Å². The summed E-state index contributed by atoms with van der Waals surface area (Å²) in [5.41, 5.74) is 7.20. The molecule has 7 aliphatic heterocycles.